The molecule has 0 bridgehead atoms. The molecule has 27 heavy (non-hydrogen) atoms. The van der Waals surface area contributed by atoms with Gasteiger partial charge in [-0.3, -0.25) is 15.0 Å². The van der Waals surface area contributed by atoms with Crippen molar-refractivity contribution in [1.82, 2.24) is 14.2 Å². The lowest BCUT2D eigenvalue weighted by molar-refractivity contribution is 0.501. The van der Waals surface area contributed by atoms with Gasteiger partial charge in [0.25, 0.3) is 5.43 Å². The molecule has 6 heteroatoms. The second kappa shape index (κ2) is 6.76. The van der Waals surface area contributed by atoms with Crippen molar-refractivity contribution in [3.63, 3.8) is 0 Å². The molecule has 6 nitrogen and oxygen atoms in total. The summed E-state index contributed by atoms with van der Waals surface area (Å²) in [6.07, 6.45) is 0. The van der Waals surface area contributed by atoms with E-state index >= 15 is 0 Å². The van der Waals surface area contributed by atoms with E-state index in [2.05, 4.69) is 0 Å². The van der Waals surface area contributed by atoms with Gasteiger partial charge in [0, 0.05) is 0 Å². The Kier molecular flexibility index (Phi) is 4.14. The minimum atomic E-state index is -0.866. The van der Waals surface area contributed by atoms with Gasteiger partial charge in [-0.1, -0.05) is 54.6 Å². The summed E-state index contributed by atoms with van der Waals surface area (Å²) < 4.78 is 2.73. The van der Waals surface area contributed by atoms with E-state index in [0.717, 1.165) is 0 Å². The summed E-state index contributed by atoms with van der Waals surface area (Å²) in [5.74, 6) is 0. The van der Waals surface area contributed by atoms with Crippen LogP contribution in [0.1, 0.15) is 0 Å². The standard InChI is InChI=1S/C21H16N4O2/c22-20-19(26)21(27)24(17-12-6-2-7-13-17)25(18-14-8-3-9-15-18)23(20)16-10-4-1-5-11-16/h1-15,22H. The minimum absolute atomic E-state index is 0.401. The SMILES string of the molecule is N=c1c(=O)c(=O)n(-c2ccccc2)n(-c2ccccc2)n1-c1ccccc1. The van der Waals surface area contributed by atoms with Crippen molar-refractivity contribution in [2.75, 3.05) is 0 Å². The highest BCUT2D eigenvalue weighted by atomic mass is 16.2. The van der Waals surface area contributed by atoms with Crippen molar-refractivity contribution in [3.8, 4) is 17.1 Å². The van der Waals surface area contributed by atoms with E-state index in [1.54, 1.807) is 41.2 Å². The van der Waals surface area contributed by atoms with Crippen LogP contribution in [0.15, 0.2) is 101 Å². The molecule has 1 aromatic heterocycles. The van der Waals surface area contributed by atoms with Crippen LogP contribution in [0.25, 0.3) is 17.1 Å². The Morgan fingerprint density at radius 3 is 1.44 bits per heavy atom. The van der Waals surface area contributed by atoms with Crippen LogP contribution in [0.4, 0.5) is 0 Å². The molecule has 1 N–H and O–H groups in total. The molecular formula is C21H16N4O2. The fourth-order valence-electron chi connectivity index (χ4n) is 2.96. The van der Waals surface area contributed by atoms with Crippen molar-refractivity contribution in [1.29, 1.82) is 5.41 Å². The monoisotopic (exact) mass is 356 g/mol. The lowest BCUT2D eigenvalue weighted by atomic mass is 10.3. The number of nitrogens with zero attached hydrogens (tertiary/aromatic N) is 3. The van der Waals surface area contributed by atoms with Crippen LogP contribution in [0.5, 0.6) is 0 Å². The molecule has 132 valence electrons. The van der Waals surface area contributed by atoms with Crippen LogP contribution in [0.2, 0.25) is 0 Å². The van der Waals surface area contributed by atoms with Gasteiger partial charge in [0.1, 0.15) is 0 Å². The van der Waals surface area contributed by atoms with E-state index in [0.29, 0.717) is 17.1 Å². The molecular weight excluding hydrogens is 340 g/mol. The predicted molar refractivity (Wildman–Crippen MR) is 103 cm³/mol. The highest BCUT2D eigenvalue weighted by molar-refractivity contribution is 5.38. The van der Waals surface area contributed by atoms with E-state index in [1.807, 2.05) is 54.6 Å². The number of rotatable bonds is 3. The lowest BCUT2D eigenvalue weighted by Gasteiger charge is -2.22. The van der Waals surface area contributed by atoms with Crippen molar-refractivity contribution in [2.45, 2.75) is 0 Å². The molecule has 3 aromatic carbocycles. The maximum atomic E-state index is 12.9. The molecule has 0 unspecified atom stereocenters. The van der Waals surface area contributed by atoms with E-state index in [-0.39, 0.29) is 0 Å². The third-order valence-electron chi connectivity index (χ3n) is 4.18. The first-order valence-electron chi connectivity index (χ1n) is 8.41. The van der Waals surface area contributed by atoms with Crippen LogP contribution in [0, 0.1) is 5.41 Å². The number of hydrogen-bond donors (Lipinski definition) is 1. The molecule has 0 aliphatic carbocycles. The van der Waals surface area contributed by atoms with Gasteiger partial charge in [-0.2, -0.15) is 9.48 Å². The first kappa shape index (κ1) is 16.5. The number of benzene rings is 3. The normalized spacial score (nSPS) is 10.7. The zero-order valence-corrected chi connectivity index (χ0v) is 14.3. The predicted octanol–water partition coefficient (Wildman–Crippen LogP) is 2.26. The van der Waals surface area contributed by atoms with E-state index < -0.39 is 16.5 Å². The Morgan fingerprint density at radius 1 is 0.556 bits per heavy atom. The van der Waals surface area contributed by atoms with Gasteiger partial charge in [-0.05, 0) is 36.4 Å². The summed E-state index contributed by atoms with van der Waals surface area (Å²) in [5, 5.41) is 8.34. The first-order valence-corrected chi connectivity index (χ1v) is 8.41. The maximum Gasteiger partial charge on any atom is 0.323 e. The third kappa shape index (κ3) is 2.83. The average molecular weight is 356 g/mol. The molecule has 4 rings (SSSR count). The zero-order valence-electron chi connectivity index (χ0n) is 14.3. The van der Waals surface area contributed by atoms with Crippen molar-refractivity contribution in [3.05, 3.63) is 117 Å². The Hall–Kier alpha value is -3.93. The second-order valence-electron chi connectivity index (χ2n) is 5.90. The van der Waals surface area contributed by atoms with Gasteiger partial charge in [-0.25, -0.2) is 4.68 Å². The highest BCUT2D eigenvalue weighted by Crippen LogP contribution is 2.12. The van der Waals surface area contributed by atoms with Crippen LogP contribution in [-0.4, -0.2) is 14.2 Å². The largest absolute Gasteiger partial charge is 0.323 e. The number of para-hydroxylation sites is 3. The van der Waals surface area contributed by atoms with Crippen molar-refractivity contribution >= 4 is 0 Å². The molecule has 0 spiro atoms. The van der Waals surface area contributed by atoms with Crippen molar-refractivity contribution < 1.29 is 0 Å². The number of aromatic nitrogens is 3. The molecule has 0 amide bonds. The summed E-state index contributed by atoms with van der Waals surface area (Å²) in [6.45, 7) is 0. The van der Waals surface area contributed by atoms with Gasteiger partial charge in [0.05, 0.1) is 17.1 Å². The molecule has 0 saturated carbocycles. The van der Waals surface area contributed by atoms with Gasteiger partial charge < -0.3 is 0 Å². The minimum Gasteiger partial charge on any atom is -0.279 e. The molecule has 0 saturated heterocycles. The summed E-state index contributed by atoms with van der Waals surface area (Å²) in [7, 11) is 0. The first-order chi connectivity index (χ1) is 13.2. The smallest absolute Gasteiger partial charge is 0.279 e. The fourth-order valence-corrected chi connectivity index (χ4v) is 2.96. The van der Waals surface area contributed by atoms with Gasteiger partial charge >= 0.3 is 5.56 Å². The van der Waals surface area contributed by atoms with E-state index in [4.69, 9.17) is 5.41 Å². The summed E-state index contributed by atoms with van der Waals surface area (Å²) >= 11 is 0. The topological polar surface area (TPSA) is 72.8 Å². The summed E-state index contributed by atoms with van der Waals surface area (Å²) in [6, 6.07) is 27.2. The summed E-state index contributed by atoms with van der Waals surface area (Å²) in [5.41, 5.74) is -0.253. The lowest BCUT2D eigenvalue weighted by Crippen LogP contribution is -2.53. The quantitative estimate of drug-likeness (QED) is 0.572. The van der Waals surface area contributed by atoms with Gasteiger partial charge in [0.2, 0.25) is 5.49 Å². The molecule has 0 fully saturated rings. The molecule has 1 heterocycles. The van der Waals surface area contributed by atoms with Crippen LogP contribution in [-0.2, 0) is 0 Å². The maximum absolute atomic E-state index is 12.9. The molecule has 0 aliphatic heterocycles. The Bertz CT molecular complexity index is 1180. The number of hydrogen-bond acceptors (Lipinski definition) is 3. The molecule has 4 aromatic rings. The second-order valence-corrected chi connectivity index (χ2v) is 5.90. The summed E-state index contributed by atoms with van der Waals surface area (Å²) in [4.78, 5) is 27.0. The van der Waals surface area contributed by atoms with Crippen LogP contribution in [0.3, 0.4) is 0 Å². The highest BCUT2D eigenvalue weighted by Gasteiger charge is 2.17. The molecule has 0 aliphatic rings. The molecule has 0 atom stereocenters. The molecule has 0 radical (unpaired) electrons. The Labute approximate surface area is 154 Å². The zero-order chi connectivity index (χ0) is 18.8. The van der Waals surface area contributed by atoms with Gasteiger partial charge in [-0.15, -0.1) is 0 Å². The Balaban J connectivity index is 2.24. The van der Waals surface area contributed by atoms with Crippen LogP contribution >= 0.6 is 0 Å². The van der Waals surface area contributed by atoms with Gasteiger partial charge in [0.15, 0.2) is 0 Å². The fraction of sp³-hybridized carbons (Fsp3) is 0. The van der Waals surface area contributed by atoms with Crippen LogP contribution < -0.4 is 16.5 Å². The van der Waals surface area contributed by atoms with E-state index in [9.17, 15) is 9.59 Å². The number of nitrogens with one attached hydrogen (secondary N) is 1. The van der Waals surface area contributed by atoms with Crippen molar-refractivity contribution in [2.24, 2.45) is 0 Å². The Morgan fingerprint density at radius 2 is 0.963 bits per heavy atom. The third-order valence-corrected chi connectivity index (χ3v) is 4.18. The average Bonchev–Trinajstić information content (AvgIpc) is 2.73. The van der Waals surface area contributed by atoms with E-state index in [1.165, 1.54) is 9.36 Å².